The lowest BCUT2D eigenvalue weighted by molar-refractivity contribution is -0.0344. The molecule has 0 amide bonds. The summed E-state index contributed by atoms with van der Waals surface area (Å²) in [5.74, 6) is 0.155. The highest BCUT2D eigenvalue weighted by Crippen LogP contribution is 2.40. The summed E-state index contributed by atoms with van der Waals surface area (Å²) in [6.45, 7) is 5.20. The molecule has 1 fully saturated rings. The molecule has 1 N–H and O–H groups in total. The van der Waals surface area contributed by atoms with Crippen molar-refractivity contribution in [1.82, 2.24) is 19.4 Å². The Morgan fingerprint density at radius 1 is 1.20 bits per heavy atom. The molecule has 44 heavy (non-hydrogen) atoms. The topological polar surface area (TPSA) is 107 Å². The fraction of sp³-hybridized carbons (Fsp3) is 0.438. The molecule has 6 rings (SSSR count). The Morgan fingerprint density at radius 3 is 2.77 bits per heavy atom. The summed E-state index contributed by atoms with van der Waals surface area (Å²) in [4.78, 5) is 36.9. The van der Waals surface area contributed by atoms with Gasteiger partial charge in [-0.1, -0.05) is 11.6 Å². The highest BCUT2D eigenvalue weighted by Gasteiger charge is 2.35. The van der Waals surface area contributed by atoms with Crippen molar-refractivity contribution in [1.29, 1.82) is 0 Å². The summed E-state index contributed by atoms with van der Waals surface area (Å²) in [5.41, 5.74) is 4.20. The van der Waals surface area contributed by atoms with Crippen molar-refractivity contribution in [2.45, 2.75) is 64.4 Å². The highest BCUT2D eigenvalue weighted by atomic mass is 35.5. The van der Waals surface area contributed by atoms with Gasteiger partial charge in [-0.25, -0.2) is 14.2 Å². The third-order valence-electron chi connectivity index (χ3n) is 8.71. The molecule has 4 aromatic rings. The lowest BCUT2D eigenvalue weighted by Gasteiger charge is -2.40. The van der Waals surface area contributed by atoms with Crippen LogP contribution in [0.15, 0.2) is 34.4 Å². The van der Waals surface area contributed by atoms with E-state index in [1.54, 1.807) is 35.3 Å². The van der Waals surface area contributed by atoms with E-state index in [0.29, 0.717) is 64.7 Å². The minimum Gasteiger partial charge on any atom is -0.491 e. The monoisotopic (exact) mass is 640 g/mol. The van der Waals surface area contributed by atoms with Gasteiger partial charge in [0, 0.05) is 59.0 Å². The van der Waals surface area contributed by atoms with Gasteiger partial charge < -0.3 is 14.6 Å². The van der Waals surface area contributed by atoms with Crippen LogP contribution in [0.2, 0.25) is 5.02 Å². The number of hydrogen-bond acceptors (Lipinski definition) is 8. The van der Waals surface area contributed by atoms with Crippen LogP contribution in [-0.4, -0.2) is 75.6 Å². The van der Waals surface area contributed by atoms with Gasteiger partial charge in [0.2, 0.25) is 0 Å². The molecule has 12 heteroatoms. The van der Waals surface area contributed by atoms with Crippen molar-refractivity contribution in [3.63, 3.8) is 0 Å². The summed E-state index contributed by atoms with van der Waals surface area (Å²) >= 11 is 7.71. The molecule has 1 aliphatic carbocycles. The number of halogens is 2. The van der Waals surface area contributed by atoms with Crippen molar-refractivity contribution >= 4 is 39.1 Å². The zero-order valence-electron chi connectivity index (χ0n) is 24.8. The minimum atomic E-state index is -1.04. The SMILES string of the molecule is CO[C@@H]1CCN([C@H]2CCc3nc(C)n(CCOc4ccc(Cl)cc4-c4cc(C)nc5c(C(=O)O)csc45)c(=O)c3C2)C[C@@H]1F. The molecule has 3 aromatic heterocycles. The van der Waals surface area contributed by atoms with E-state index in [1.165, 1.54) is 11.3 Å². The molecule has 1 saturated heterocycles. The average Bonchev–Trinajstić information content (AvgIpc) is 3.43. The number of carbonyl (C=O) groups is 1. The van der Waals surface area contributed by atoms with Gasteiger partial charge in [0.05, 0.1) is 34.1 Å². The molecule has 4 heterocycles. The molecule has 0 saturated carbocycles. The number of likely N-dealkylation sites (tertiary alicyclic amines) is 1. The number of aromatic carboxylic acids is 1. The van der Waals surface area contributed by atoms with E-state index in [2.05, 4.69) is 9.88 Å². The number of piperidine rings is 1. The Labute approximate surface area is 263 Å². The summed E-state index contributed by atoms with van der Waals surface area (Å²) in [6, 6.07) is 7.29. The Bertz CT molecular complexity index is 1790. The van der Waals surface area contributed by atoms with Crippen LogP contribution in [0, 0.1) is 13.8 Å². The first-order valence-electron chi connectivity index (χ1n) is 14.7. The molecule has 3 atom stereocenters. The predicted molar refractivity (Wildman–Crippen MR) is 168 cm³/mol. The number of hydrogen-bond donors (Lipinski definition) is 1. The van der Waals surface area contributed by atoms with Gasteiger partial charge in [-0.05, 0) is 63.8 Å². The molecule has 2 aliphatic rings. The number of rotatable bonds is 8. The lowest BCUT2D eigenvalue weighted by atomic mass is 9.89. The standard InChI is InChI=1S/C32H34ClFN4O5S/c1-17-12-22(30-29(35-17)24(16-44-30)32(40)41)21-13-19(33)4-7-27(21)43-11-10-38-18(2)36-26-6-5-20(14-23(26)31(38)39)37-9-8-28(42-3)25(34)15-37/h4,7,12-13,16,20,25,28H,5-6,8-11,14-15H2,1-3H3,(H,40,41)/t20-,25-,28+/m0/s1. The second kappa shape index (κ2) is 12.5. The van der Waals surface area contributed by atoms with Crippen LogP contribution in [0.1, 0.15) is 46.0 Å². The first-order chi connectivity index (χ1) is 21.1. The smallest absolute Gasteiger partial charge is 0.338 e. The Hall–Kier alpha value is -3.38. The normalized spacial score (nSPS) is 20.5. The van der Waals surface area contributed by atoms with Crippen molar-refractivity contribution < 1.29 is 23.8 Å². The largest absolute Gasteiger partial charge is 0.491 e. The average molecular weight is 641 g/mol. The number of nitrogens with zero attached hydrogens (tertiary/aromatic N) is 4. The van der Waals surface area contributed by atoms with Crippen LogP contribution in [0.3, 0.4) is 0 Å². The summed E-state index contributed by atoms with van der Waals surface area (Å²) in [7, 11) is 1.55. The highest BCUT2D eigenvalue weighted by molar-refractivity contribution is 7.18. The third-order valence-corrected chi connectivity index (χ3v) is 9.95. The quantitative estimate of drug-likeness (QED) is 0.270. The molecule has 0 unspecified atom stereocenters. The van der Waals surface area contributed by atoms with E-state index in [4.69, 9.17) is 26.1 Å². The number of pyridine rings is 1. The summed E-state index contributed by atoms with van der Waals surface area (Å²) in [5, 5.41) is 11.7. The van der Waals surface area contributed by atoms with E-state index < -0.39 is 12.1 Å². The van der Waals surface area contributed by atoms with Gasteiger partial charge in [-0.2, -0.15) is 0 Å². The molecule has 0 spiro atoms. The van der Waals surface area contributed by atoms with Crippen LogP contribution in [0.25, 0.3) is 21.3 Å². The van der Waals surface area contributed by atoms with Gasteiger partial charge in [-0.15, -0.1) is 11.3 Å². The van der Waals surface area contributed by atoms with E-state index in [0.717, 1.165) is 28.9 Å². The number of carboxylic acids is 1. The van der Waals surface area contributed by atoms with Gasteiger partial charge in [-0.3, -0.25) is 19.2 Å². The summed E-state index contributed by atoms with van der Waals surface area (Å²) in [6.07, 6.45) is 1.31. The van der Waals surface area contributed by atoms with E-state index in [-0.39, 0.29) is 36.4 Å². The number of thiophene rings is 1. The van der Waals surface area contributed by atoms with Gasteiger partial charge in [0.1, 0.15) is 24.4 Å². The molecular weight excluding hydrogens is 607 g/mol. The Morgan fingerprint density at radius 2 is 2.02 bits per heavy atom. The number of aromatic nitrogens is 3. The van der Waals surface area contributed by atoms with Crippen LogP contribution in [0.4, 0.5) is 4.39 Å². The summed E-state index contributed by atoms with van der Waals surface area (Å²) < 4.78 is 28.5. The maximum atomic E-state index is 14.6. The maximum absolute atomic E-state index is 14.6. The van der Waals surface area contributed by atoms with E-state index >= 15 is 0 Å². The first kappa shape index (κ1) is 30.6. The van der Waals surface area contributed by atoms with Crippen molar-refractivity contribution in [2.24, 2.45) is 0 Å². The first-order valence-corrected chi connectivity index (χ1v) is 15.9. The lowest BCUT2D eigenvalue weighted by Crippen LogP contribution is -2.51. The number of benzene rings is 1. The van der Waals surface area contributed by atoms with Crippen molar-refractivity contribution in [2.75, 3.05) is 26.8 Å². The molecule has 0 radical (unpaired) electrons. The molecule has 232 valence electrons. The second-order valence-electron chi connectivity index (χ2n) is 11.4. The number of fused-ring (bicyclic) bond motifs is 2. The predicted octanol–water partition coefficient (Wildman–Crippen LogP) is 5.48. The zero-order valence-corrected chi connectivity index (χ0v) is 26.4. The fourth-order valence-corrected chi connectivity index (χ4v) is 7.65. The minimum absolute atomic E-state index is 0.0769. The molecular formula is C32H34ClFN4O5S. The van der Waals surface area contributed by atoms with E-state index in [9.17, 15) is 19.1 Å². The van der Waals surface area contributed by atoms with Crippen LogP contribution < -0.4 is 10.3 Å². The number of carboxylic acid groups (broad SMARTS) is 1. The van der Waals surface area contributed by atoms with Gasteiger partial charge >= 0.3 is 5.97 Å². The number of aryl methyl sites for hydroxylation is 3. The maximum Gasteiger partial charge on any atom is 0.338 e. The molecule has 9 nitrogen and oxygen atoms in total. The van der Waals surface area contributed by atoms with Gasteiger partial charge in [0.25, 0.3) is 5.56 Å². The Kier molecular flexibility index (Phi) is 8.74. The number of methoxy groups -OCH3 is 1. The Balaban J connectivity index is 1.23. The van der Waals surface area contributed by atoms with Crippen LogP contribution in [0.5, 0.6) is 5.75 Å². The second-order valence-corrected chi connectivity index (χ2v) is 12.8. The zero-order chi connectivity index (χ0) is 31.1. The molecule has 0 bridgehead atoms. The van der Waals surface area contributed by atoms with Crippen LogP contribution in [-0.2, 0) is 24.1 Å². The third kappa shape index (κ3) is 5.85. The van der Waals surface area contributed by atoms with Gasteiger partial charge in [0.15, 0.2) is 0 Å². The molecule has 1 aromatic carbocycles. The van der Waals surface area contributed by atoms with Crippen LogP contribution >= 0.6 is 22.9 Å². The van der Waals surface area contributed by atoms with Crippen molar-refractivity contribution in [3.8, 4) is 16.9 Å². The van der Waals surface area contributed by atoms with Crippen molar-refractivity contribution in [3.05, 3.63) is 73.4 Å². The van der Waals surface area contributed by atoms with E-state index in [1.807, 2.05) is 19.9 Å². The fourth-order valence-electron chi connectivity index (χ4n) is 6.46. The molecule has 1 aliphatic heterocycles. The number of alkyl halides is 1. The number of ether oxygens (including phenoxy) is 2.